The number of hydrogen-bond acceptors (Lipinski definition) is 7. The van der Waals surface area contributed by atoms with Gasteiger partial charge in [-0.15, -0.1) is 0 Å². The molecule has 40 heavy (non-hydrogen) atoms. The van der Waals surface area contributed by atoms with E-state index in [4.69, 9.17) is 11.6 Å². The average molecular weight is 556 g/mol. The number of ketones is 1. The van der Waals surface area contributed by atoms with Crippen molar-refractivity contribution in [1.82, 2.24) is 15.1 Å². The molecule has 0 aliphatic carbocycles. The van der Waals surface area contributed by atoms with Gasteiger partial charge < -0.3 is 15.4 Å². The van der Waals surface area contributed by atoms with E-state index in [1.165, 1.54) is 23.9 Å². The first-order chi connectivity index (χ1) is 19.3. The van der Waals surface area contributed by atoms with Gasteiger partial charge in [-0.2, -0.15) is 10.4 Å². The molecular weight excluding hydrogens is 530 g/mol. The van der Waals surface area contributed by atoms with Gasteiger partial charge in [-0.25, -0.2) is 9.48 Å². The van der Waals surface area contributed by atoms with Crippen LogP contribution >= 0.6 is 11.6 Å². The lowest BCUT2D eigenvalue weighted by Gasteiger charge is -2.11. The lowest BCUT2D eigenvalue weighted by Crippen LogP contribution is -2.26. The van der Waals surface area contributed by atoms with Crippen LogP contribution in [-0.2, 0) is 4.74 Å². The number of carbonyl (C=O) groups is 3. The molecule has 10 heteroatoms. The van der Waals surface area contributed by atoms with E-state index < -0.39 is 5.97 Å². The van der Waals surface area contributed by atoms with Gasteiger partial charge >= 0.3 is 5.97 Å². The standard InChI is InChI=1S/C30H26ClN5O4/c1-19-4-6-20(7-5-19)27(37)26-25(18-32)28(36(35-26)24-14-12-23(31)13-15-24)33-16-3-17-34-29(38)21-8-10-22(11-9-21)30(39)40-2/h4-15,33H,3,16-17H2,1-2H3,(H,34,38). The summed E-state index contributed by atoms with van der Waals surface area (Å²) in [6.45, 7) is 2.65. The Morgan fingerprint density at radius 3 is 2.17 bits per heavy atom. The summed E-state index contributed by atoms with van der Waals surface area (Å²) in [6.07, 6.45) is 0.518. The van der Waals surface area contributed by atoms with Crippen LogP contribution in [0, 0.1) is 18.3 Å². The van der Waals surface area contributed by atoms with E-state index in [-0.39, 0.29) is 22.9 Å². The van der Waals surface area contributed by atoms with Crippen molar-refractivity contribution in [3.63, 3.8) is 0 Å². The van der Waals surface area contributed by atoms with Gasteiger partial charge in [-0.1, -0.05) is 41.4 Å². The molecule has 3 aromatic carbocycles. The summed E-state index contributed by atoms with van der Waals surface area (Å²) in [7, 11) is 1.29. The molecule has 4 rings (SSSR count). The van der Waals surface area contributed by atoms with Crippen LogP contribution < -0.4 is 10.6 Å². The average Bonchev–Trinajstić information content (AvgIpc) is 3.35. The van der Waals surface area contributed by atoms with Crippen LogP contribution in [-0.4, -0.2) is 47.6 Å². The van der Waals surface area contributed by atoms with Gasteiger partial charge in [0.15, 0.2) is 5.69 Å². The number of nitrogens with zero attached hydrogens (tertiary/aromatic N) is 3. The van der Waals surface area contributed by atoms with Crippen molar-refractivity contribution in [2.75, 3.05) is 25.5 Å². The molecule has 0 bridgehead atoms. The Labute approximate surface area is 236 Å². The van der Waals surface area contributed by atoms with E-state index in [1.807, 2.05) is 19.1 Å². The Bertz CT molecular complexity index is 1570. The summed E-state index contributed by atoms with van der Waals surface area (Å²) >= 11 is 6.06. The molecule has 0 aliphatic heterocycles. The Morgan fingerprint density at radius 1 is 0.925 bits per heavy atom. The maximum Gasteiger partial charge on any atom is 0.337 e. The number of ether oxygens (including phenoxy) is 1. The summed E-state index contributed by atoms with van der Waals surface area (Å²) in [6, 6.07) is 22.2. The molecule has 9 nitrogen and oxygen atoms in total. The number of rotatable bonds is 10. The topological polar surface area (TPSA) is 126 Å². The van der Waals surface area contributed by atoms with E-state index in [2.05, 4.69) is 26.5 Å². The first-order valence-electron chi connectivity index (χ1n) is 12.4. The van der Waals surface area contributed by atoms with Crippen LogP contribution in [0.2, 0.25) is 5.02 Å². The highest BCUT2D eigenvalue weighted by atomic mass is 35.5. The fourth-order valence-corrected chi connectivity index (χ4v) is 4.06. The van der Waals surface area contributed by atoms with Crippen molar-refractivity contribution >= 4 is 35.1 Å². The predicted molar refractivity (Wildman–Crippen MR) is 151 cm³/mol. The third-order valence-corrected chi connectivity index (χ3v) is 6.35. The van der Waals surface area contributed by atoms with Crippen molar-refractivity contribution in [3.8, 4) is 11.8 Å². The third-order valence-electron chi connectivity index (χ3n) is 6.10. The summed E-state index contributed by atoms with van der Waals surface area (Å²) < 4.78 is 6.18. The highest BCUT2D eigenvalue weighted by Crippen LogP contribution is 2.26. The number of nitriles is 1. The molecule has 0 saturated carbocycles. The Hall–Kier alpha value is -4.94. The lowest BCUT2D eigenvalue weighted by atomic mass is 10.0. The number of esters is 1. The quantitative estimate of drug-likeness (QED) is 0.161. The highest BCUT2D eigenvalue weighted by Gasteiger charge is 2.25. The smallest absolute Gasteiger partial charge is 0.337 e. The van der Waals surface area contributed by atoms with Crippen LogP contribution in [0.25, 0.3) is 5.69 Å². The van der Waals surface area contributed by atoms with Crippen molar-refractivity contribution in [3.05, 3.63) is 111 Å². The molecule has 202 valence electrons. The van der Waals surface area contributed by atoms with Crippen molar-refractivity contribution < 1.29 is 19.1 Å². The number of nitrogens with one attached hydrogen (secondary N) is 2. The zero-order chi connectivity index (χ0) is 28.6. The minimum Gasteiger partial charge on any atom is -0.465 e. The summed E-state index contributed by atoms with van der Waals surface area (Å²) in [4.78, 5) is 37.4. The number of aromatic nitrogens is 2. The molecule has 0 fully saturated rings. The predicted octanol–water partition coefficient (Wildman–Crippen LogP) is 4.96. The Kier molecular flexibility index (Phi) is 8.94. The van der Waals surface area contributed by atoms with Crippen LogP contribution in [0.1, 0.15) is 54.3 Å². The second-order valence-electron chi connectivity index (χ2n) is 8.87. The Balaban J connectivity index is 1.48. The van der Waals surface area contributed by atoms with Gasteiger partial charge in [-0.05, 0) is 61.9 Å². The molecule has 1 heterocycles. The number of methoxy groups -OCH3 is 1. The largest absolute Gasteiger partial charge is 0.465 e. The van der Waals surface area contributed by atoms with Gasteiger partial charge in [0.25, 0.3) is 5.91 Å². The third kappa shape index (κ3) is 6.37. The van der Waals surface area contributed by atoms with Crippen LogP contribution in [0.15, 0.2) is 72.8 Å². The highest BCUT2D eigenvalue weighted by molar-refractivity contribution is 6.30. The molecule has 4 aromatic rings. The van der Waals surface area contributed by atoms with Crippen molar-refractivity contribution in [2.24, 2.45) is 0 Å². The molecule has 0 radical (unpaired) electrons. The molecule has 0 aliphatic rings. The molecular formula is C30H26ClN5O4. The fourth-order valence-electron chi connectivity index (χ4n) is 3.93. The van der Waals surface area contributed by atoms with Gasteiger partial charge in [0.05, 0.1) is 18.4 Å². The van der Waals surface area contributed by atoms with E-state index in [9.17, 15) is 19.6 Å². The van der Waals surface area contributed by atoms with Gasteiger partial charge in [0.2, 0.25) is 5.78 Å². The number of halogens is 1. The van der Waals surface area contributed by atoms with Crippen LogP contribution in [0.3, 0.4) is 0 Å². The lowest BCUT2D eigenvalue weighted by molar-refractivity contribution is 0.0600. The zero-order valence-corrected chi connectivity index (χ0v) is 22.7. The minimum absolute atomic E-state index is 0.0347. The molecule has 0 spiro atoms. The second kappa shape index (κ2) is 12.7. The minimum atomic E-state index is -0.476. The monoisotopic (exact) mass is 555 g/mol. The number of aryl methyl sites for hydroxylation is 1. The van der Waals surface area contributed by atoms with Gasteiger partial charge in [0.1, 0.15) is 17.5 Å². The van der Waals surface area contributed by atoms with Gasteiger partial charge in [-0.3, -0.25) is 9.59 Å². The first kappa shape index (κ1) is 28.1. The number of amides is 1. The first-order valence-corrected chi connectivity index (χ1v) is 12.8. The van der Waals surface area contributed by atoms with Crippen LogP contribution in [0.4, 0.5) is 5.82 Å². The van der Waals surface area contributed by atoms with E-state index >= 15 is 0 Å². The number of carbonyl (C=O) groups excluding carboxylic acids is 3. The zero-order valence-electron chi connectivity index (χ0n) is 21.9. The summed E-state index contributed by atoms with van der Waals surface area (Å²) in [5, 5.41) is 21.1. The fraction of sp³-hybridized carbons (Fsp3) is 0.167. The van der Waals surface area contributed by atoms with E-state index in [0.29, 0.717) is 52.7 Å². The molecule has 1 aromatic heterocycles. The molecule has 2 N–H and O–H groups in total. The number of anilines is 1. The molecule has 0 saturated heterocycles. The van der Waals surface area contributed by atoms with Crippen LogP contribution in [0.5, 0.6) is 0 Å². The molecule has 0 unspecified atom stereocenters. The van der Waals surface area contributed by atoms with E-state index in [0.717, 1.165) is 5.56 Å². The number of hydrogen-bond donors (Lipinski definition) is 2. The van der Waals surface area contributed by atoms with E-state index in [1.54, 1.807) is 48.5 Å². The SMILES string of the molecule is COC(=O)c1ccc(C(=O)NCCCNc2c(C#N)c(C(=O)c3ccc(C)cc3)nn2-c2ccc(Cl)cc2)cc1. The number of benzene rings is 3. The maximum atomic E-state index is 13.3. The normalized spacial score (nSPS) is 10.4. The maximum absolute atomic E-state index is 13.3. The van der Waals surface area contributed by atoms with Crippen molar-refractivity contribution in [2.45, 2.75) is 13.3 Å². The Morgan fingerprint density at radius 2 is 1.55 bits per heavy atom. The van der Waals surface area contributed by atoms with Crippen molar-refractivity contribution in [1.29, 1.82) is 5.26 Å². The molecule has 1 amide bonds. The second-order valence-corrected chi connectivity index (χ2v) is 9.31. The van der Waals surface area contributed by atoms with Gasteiger partial charge in [0, 0.05) is 29.2 Å². The summed E-state index contributed by atoms with van der Waals surface area (Å²) in [5.41, 5.74) is 2.98. The summed E-state index contributed by atoms with van der Waals surface area (Å²) in [5.74, 6) is -0.759. The molecule has 0 atom stereocenters.